The first-order chi connectivity index (χ1) is 9.63. The molecule has 0 aromatic heterocycles. The van der Waals surface area contributed by atoms with Gasteiger partial charge >= 0.3 is 0 Å². The van der Waals surface area contributed by atoms with E-state index in [0.29, 0.717) is 12.1 Å². The number of nitriles is 1. The Morgan fingerprint density at radius 3 is 2.35 bits per heavy atom. The Labute approximate surface area is 118 Å². The summed E-state index contributed by atoms with van der Waals surface area (Å²) in [6.07, 6.45) is 3.78. The van der Waals surface area contributed by atoms with Gasteiger partial charge in [-0.25, -0.2) is 0 Å². The summed E-state index contributed by atoms with van der Waals surface area (Å²) in [7, 11) is 0. The molecule has 0 atom stereocenters. The van der Waals surface area contributed by atoms with Gasteiger partial charge in [0.25, 0.3) is 5.91 Å². The Balaban J connectivity index is 1.63. The number of nitrogens with zero attached hydrogens (tertiary/aromatic N) is 1. The molecule has 0 unspecified atom stereocenters. The van der Waals surface area contributed by atoms with Crippen LogP contribution in [0.25, 0.3) is 0 Å². The molecule has 2 aliphatic rings. The number of nitrogens with one attached hydrogen (secondary N) is 1. The topological polar surface area (TPSA) is 73.1 Å². The average Bonchev–Trinajstić information content (AvgIpc) is 3.40. The van der Waals surface area contributed by atoms with E-state index in [2.05, 4.69) is 11.4 Å². The van der Waals surface area contributed by atoms with E-state index < -0.39 is 0 Å². The van der Waals surface area contributed by atoms with Crippen molar-refractivity contribution in [2.45, 2.75) is 31.1 Å². The first-order valence-electron chi connectivity index (χ1n) is 7.04. The van der Waals surface area contributed by atoms with Crippen LogP contribution in [0.1, 0.15) is 41.6 Å². The van der Waals surface area contributed by atoms with Crippen molar-refractivity contribution < 1.29 is 9.90 Å². The van der Waals surface area contributed by atoms with Gasteiger partial charge in [-0.3, -0.25) is 4.79 Å². The maximum atomic E-state index is 12.0. The number of hydrogen-bond donors (Lipinski definition) is 2. The molecule has 1 aromatic carbocycles. The molecule has 3 rings (SSSR count). The second-order valence-corrected chi connectivity index (χ2v) is 6.11. The highest BCUT2D eigenvalue weighted by Crippen LogP contribution is 2.47. The lowest BCUT2D eigenvalue weighted by molar-refractivity contribution is 0.0935. The molecule has 2 saturated carbocycles. The van der Waals surface area contributed by atoms with Gasteiger partial charge in [-0.1, -0.05) is 12.1 Å². The second kappa shape index (κ2) is 4.60. The largest absolute Gasteiger partial charge is 0.396 e. The molecule has 0 bridgehead atoms. The lowest BCUT2D eigenvalue weighted by Crippen LogP contribution is -2.31. The highest BCUT2D eigenvalue weighted by molar-refractivity contribution is 5.94. The molecule has 2 N–H and O–H groups in total. The third-order valence-corrected chi connectivity index (χ3v) is 4.58. The van der Waals surface area contributed by atoms with E-state index >= 15 is 0 Å². The lowest BCUT2D eigenvalue weighted by atomic mass is 9.96. The van der Waals surface area contributed by atoms with Crippen molar-refractivity contribution >= 4 is 5.91 Å². The van der Waals surface area contributed by atoms with Crippen molar-refractivity contribution in [3.05, 3.63) is 35.4 Å². The Bertz CT molecular complexity index is 563. The molecule has 0 radical (unpaired) electrons. The quantitative estimate of drug-likeness (QED) is 0.856. The van der Waals surface area contributed by atoms with Crippen LogP contribution in [0.3, 0.4) is 0 Å². The normalized spacial score (nSPS) is 20.8. The molecule has 0 saturated heterocycles. The fraction of sp³-hybridized carbons (Fsp3) is 0.500. The SMILES string of the molecule is N#CC1(c2ccc(C(=O)NCC3(CO)CC3)cc2)CC1. The van der Waals surface area contributed by atoms with Gasteiger partial charge in [0.1, 0.15) is 0 Å². The summed E-state index contributed by atoms with van der Waals surface area (Å²) >= 11 is 0. The van der Waals surface area contributed by atoms with Crippen LogP contribution in [0.2, 0.25) is 0 Å². The molecule has 1 aromatic rings. The summed E-state index contributed by atoms with van der Waals surface area (Å²) in [6.45, 7) is 0.670. The van der Waals surface area contributed by atoms with Crippen LogP contribution in [0.5, 0.6) is 0 Å². The summed E-state index contributed by atoms with van der Waals surface area (Å²) in [5.74, 6) is -0.113. The minimum Gasteiger partial charge on any atom is -0.396 e. The van der Waals surface area contributed by atoms with Crippen molar-refractivity contribution in [2.24, 2.45) is 5.41 Å². The molecular formula is C16H18N2O2. The molecule has 20 heavy (non-hydrogen) atoms. The average molecular weight is 270 g/mol. The zero-order valence-corrected chi connectivity index (χ0v) is 11.4. The van der Waals surface area contributed by atoms with Crippen LogP contribution >= 0.6 is 0 Å². The van der Waals surface area contributed by atoms with Crippen molar-refractivity contribution in [3.8, 4) is 6.07 Å². The van der Waals surface area contributed by atoms with E-state index in [1.807, 2.05) is 12.1 Å². The first kappa shape index (κ1) is 13.1. The van der Waals surface area contributed by atoms with Gasteiger partial charge in [0, 0.05) is 17.5 Å². The van der Waals surface area contributed by atoms with Gasteiger partial charge in [0.2, 0.25) is 0 Å². The van der Waals surface area contributed by atoms with Crippen LogP contribution in [0.4, 0.5) is 0 Å². The number of carbonyl (C=O) groups excluding carboxylic acids is 1. The summed E-state index contributed by atoms with van der Waals surface area (Å²) in [6, 6.07) is 9.66. The standard InChI is InChI=1S/C16H18N2O2/c17-9-16(7-8-16)13-3-1-12(2-4-13)14(20)18-10-15(11-19)5-6-15/h1-4,19H,5-8,10-11H2,(H,18,20). The fourth-order valence-corrected chi connectivity index (χ4v) is 2.47. The van der Waals surface area contributed by atoms with Gasteiger partial charge in [-0.05, 0) is 43.4 Å². The molecule has 0 aliphatic heterocycles. The predicted octanol–water partition coefficient (Wildman–Crippen LogP) is 1.74. The smallest absolute Gasteiger partial charge is 0.251 e. The maximum absolute atomic E-state index is 12.0. The van der Waals surface area contributed by atoms with Crippen molar-refractivity contribution in [1.82, 2.24) is 5.32 Å². The van der Waals surface area contributed by atoms with Gasteiger partial charge in [0.15, 0.2) is 0 Å². The molecule has 2 aliphatic carbocycles. The number of benzene rings is 1. The van der Waals surface area contributed by atoms with E-state index in [0.717, 1.165) is 31.2 Å². The van der Waals surface area contributed by atoms with Gasteiger partial charge in [-0.15, -0.1) is 0 Å². The third-order valence-electron chi connectivity index (χ3n) is 4.58. The van der Waals surface area contributed by atoms with Crippen LogP contribution < -0.4 is 5.32 Å². The highest BCUT2D eigenvalue weighted by Gasteiger charge is 2.45. The van der Waals surface area contributed by atoms with Crippen LogP contribution in [-0.2, 0) is 5.41 Å². The molecular weight excluding hydrogens is 252 g/mol. The van der Waals surface area contributed by atoms with E-state index in [4.69, 9.17) is 5.26 Å². The zero-order valence-electron chi connectivity index (χ0n) is 11.4. The Kier molecular flexibility index (Phi) is 3.02. The molecule has 4 heteroatoms. The highest BCUT2D eigenvalue weighted by atomic mass is 16.3. The minimum absolute atomic E-state index is 0.0749. The number of hydrogen-bond acceptors (Lipinski definition) is 3. The lowest BCUT2D eigenvalue weighted by Gasteiger charge is -2.13. The second-order valence-electron chi connectivity index (χ2n) is 6.11. The monoisotopic (exact) mass is 270 g/mol. The van der Waals surface area contributed by atoms with E-state index in [1.54, 1.807) is 12.1 Å². The molecule has 4 nitrogen and oxygen atoms in total. The first-order valence-corrected chi connectivity index (χ1v) is 7.04. The van der Waals surface area contributed by atoms with E-state index in [1.165, 1.54) is 0 Å². The third kappa shape index (κ3) is 2.30. The summed E-state index contributed by atoms with van der Waals surface area (Å²) in [4.78, 5) is 12.0. The molecule has 1 amide bonds. The Morgan fingerprint density at radius 2 is 1.90 bits per heavy atom. The number of aliphatic hydroxyl groups is 1. The number of aliphatic hydroxyl groups excluding tert-OH is 1. The van der Waals surface area contributed by atoms with Crippen molar-refractivity contribution in [1.29, 1.82) is 5.26 Å². The molecule has 104 valence electrons. The zero-order chi connectivity index (χ0) is 14.2. The van der Waals surface area contributed by atoms with Crippen molar-refractivity contribution in [2.75, 3.05) is 13.2 Å². The number of amides is 1. The van der Waals surface area contributed by atoms with Crippen LogP contribution in [0.15, 0.2) is 24.3 Å². The van der Waals surface area contributed by atoms with Gasteiger partial charge < -0.3 is 10.4 Å². The van der Waals surface area contributed by atoms with Crippen LogP contribution in [0, 0.1) is 16.7 Å². The summed E-state index contributed by atoms with van der Waals surface area (Å²) in [5.41, 5.74) is 1.24. The predicted molar refractivity (Wildman–Crippen MR) is 74.1 cm³/mol. The number of rotatable bonds is 5. The minimum atomic E-state index is -0.302. The molecule has 0 spiro atoms. The van der Waals surface area contributed by atoms with E-state index in [9.17, 15) is 9.90 Å². The summed E-state index contributed by atoms with van der Waals surface area (Å²) in [5, 5.41) is 21.2. The Hall–Kier alpha value is -1.86. The van der Waals surface area contributed by atoms with Crippen LogP contribution in [-0.4, -0.2) is 24.2 Å². The fourth-order valence-electron chi connectivity index (χ4n) is 2.47. The number of carbonyl (C=O) groups is 1. The van der Waals surface area contributed by atoms with Crippen molar-refractivity contribution in [3.63, 3.8) is 0 Å². The van der Waals surface area contributed by atoms with Gasteiger partial charge in [-0.2, -0.15) is 5.26 Å². The molecule has 2 fully saturated rings. The molecule has 0 heterocycles. The maximum Gasteiger partial charge on any atom is 0.251 e. The van der Waals surface area contributed by atoms with Gasteiger partial charge in [0.05, 0.1) is 18.1 Å². The van der Waals surface area contributed by atoms with E-state index in [-0.39, 0.29) is 23.3 Å². The summed E-state index contributed by atoms with van der Waals surface area (Å²) < 4.78 is 0. The Morgan fingerprint density at radius 1 is 1.25 bits per heavy atom.